The second kappa shape index (κ2) is 5.55. The number of aryl methyl sites for hydroxylation is 1. The third kappa shape index (κ3) is 2.86. The molecule has 96 valence electrons. The quantitative estimate of drug-likeness (QED) is 0.846. The van der Waals surface area contributed by atoms with Crippen molar-refractivity contribution in [2.45, 2.75) is 13.5 Å². The fourth-order valence-electron chi connectivity index (χ4n) is 1.59. The van der Waals surface area contributed by atoms with Crippen LogP contribution >= 0.6 is 27.5 Å². The van der Waals surface area contributed by atoms with Gasteiger partial charge in [0, 0.05) is 5.02 Å². The van der Waals surface area contributed by atoms with Crippen LogP contribution in [0.15, 0.2) is 33.8 Å². The van der Waals surface area contributed by atoms with Gasteiger partial charge in [0.1, 0.15) is 4.47 Å². The molecule has 1 heterocycles. The lowest BCUT2D eigenvalue weighted by molar-refractivity contribution is 0.724. The highest BCUT2D eigenvalue weighted by Gasteiger charge is 2.08. The lowest BCUT2D eigenvalue weighted by Crippen LogP contribution is -2.22. The van der Waals surface area contributed by atoms with Crippen LogP contribution in [0.25, 0.3) is 0 Å². The van der Waals surface area contributed by atoms with Crippen molar-refractivity contribution in [1.29, 1.82) is 5.26 Å². The van der Waals surface area contributed by atoms with E-state index in [1.54, 1.807) is 25.1 Å². The van der Waals surface area contributed by atoms with E-state index in [2.05, 4.69) is 20.9 Å². The first-order valence-electron chi connectivity index (χ1n) is 5.43. The third-order valence-corrected chi connectivity index (χ3v) is 3.94. The summed E-state index contributed by atoms with van der Waals surface area (Å²) in [5, 5.41) is 9.23. The van der Waals surface area contributed by atoms with Crippen LogP contribution in [0, 0.1) is 18.3 Å². The zero-order chi connectivity index (χ0) is 14.0. The zero-order valence-electron chi connectivity index (χ0n) is 10.0. The first-order valence-corrected chi connectivity index (χ1v) is 6.60. The molecule has 1 aromatic heterocycles. The van der Waals surface area contributed by atoms with Crippen molar-refractivity contribution in [1.82, 2.24) is 9.55 Å². The molecule has 0 aliphatic carbocycles. The summed E-state index contributed by atoms with van der Waals surface area (Å²) in [6, 6.07) is 7.00. The summed E-state index contributed by atoms with van der Waals surface area (Å²) in [4.78, 5) is 16.1. The van der Waals surface area contributed by atoms with Gasteiger partial charge in [0.15, 0.2) is 0 Å². The van der Waals surface area contributed by atoms with Gasteiger partial charge in [-0.05, 0) is 40.5 Å². The van der Waals surface area contributed by atoms with Crippen molar-refractivity contribution in [3.8, 4) is 6.07 Å². The number of hydrogen-bond donors (Lipinski definition) is 0. The lowest BCUT2D eigenvalue weighted by atomic mass is 10.1. The van der Waals surface area contributed by atoms with Gasteiger partial charge in [-0.3, -0.25) is 9.36 Å². The molecule has 0 bridgehead atoms. The van der Waals surface area contributed by atoms with E-state index >= 15 is 0 Å². The number of aromatic nitrogens is 2. The summed E-state index contributed by atoms with van der Waals surface area (Å²) in [6.45, 7) is 2.07. The third-order valence-electron chi connectivity index (χ3n) is 2.68. The first kappa shape index (κ1) is 13.8. The van der Waals surface area contributed by atoms with E-state index in [4.69, 9.17) is 16.9 Å². The fourth-order valence-corrected chi connectivity index (χ4v) is 2.16. The SMILES string of the molecule is Cc1ncn(Cc2ccc(C#N)cc2Cl)c(=O)c1Br. The molecular weight excluding hydrogens is 330 g/mol. The van der Waals surface area contributed by atoms with Gasteiger partial charge in [-0.1, -0.05) is 17.7 Å². The highest BCUT2D eigenvalue weighted by Crippen LogP contribution is 2.18. The summed E-state index contributed by atoms with van der Waals surface area (Å²) in [5.74, 6) is 0. The molecule has 0 aliphatic rings. The second-order valence-electron chi connectivity index (χ2n) is 4.00. The van der Waals surface area contributed by atoms with Crippen molar-refractivity contribution in [2.75, 3.05) is 0 Å². The molecule has 2 aromatic rings. The van der Waals surface area contributed by atoms with Crippen LogP contribution in [0.3, 0.4) is 0 Å². The highest BCUT2D eigenvalue weighted by atomic mass is 79.9. The summed E-state index contributed by atoms with van der Waals surface area (Å²) in [7, 11) is 0. The van der Waals surface area contributed by atoms with Crippen molar-refractivity contribution in [2.24, 2.45) is 0 Å². The van der Waals surface area contributed by atoms with Gasteiger partial charge in [-0.15, -0.1) is 0 Å². The van der Waals surface area contributed by atoms with E-state index in [0.717, 1.165) is 5.56 Å². The van der Waals surface area contributed by atoms with Crippen molar-refractivity contribution < 1.29 is 0 Å². The molecule has 1 aromatic carbocycles. The van der Waals surface area contributed by atoms with Crippen LogP contribution in [0.2, 0.25) is 5.02 Å². The molecule has 0 aliphatic heterocycles. The Bertz CT molecular complexity index is 734. The smallest absolute Gasteiger partial charge is 0.268 e. The van der Waals surface area contributed by atoms with Gasteiger partial charge in [0.05, 0.1) is 30.2 Å². The molecule has 0 saturated heterocycles. The van der Waals surface area contributed by atoms with Crippen LogP contribution < -0.4 is 5.56 Å². The Morgan fingerprint density at radius 1 is 1.53 bits per heavy atom. The van der Waals surface area contributed by atoms with Crippen molar-refractivity contribution in [3.63, 3.8) is 0 Å². The molecule has 2 rings (SSSR count). The summed E-state index contributed by atoms with van der Waals surface area (Å²) < 4.78 is 1.91. The molecular formula is C13H9BrClN3O. The van der Waals surface area contributed by atoms with Gasteiger partial charge in [0.2, 0.25) is 0 Å². The maximum atomic E-state index is 12.0. The Morgan fingerprint density at radius 3 is 2.89 bits per heavy atom. The van der Waals surface area contributed by atoms with E-state index in [0.29, 0.717) is 27.3 Å². The van der Waals surface area contributed by atoms with Crippen molar-refractivity contribution >= 4 is 27.5 Å². The van der Waals surface area contributed by atoms with Crippen LogP contribution in [-0.2, 0) is 6.54 Å². The molecule has 0 saturated carbocycles. The second-order valence-corrected chi connectivity index (χ2v) is 5.20. The van der Waals surface area contributed by atoms with E-state index in [1.807, 2.05) is 6.07 Å². The summed E-state index contributed by atoms with van der Waals surface area (Å²) in [6.07, 6.45) is 1.48. The number of benzene rings is 1. The molecule has 0 fully saturated rings. The number of nitriles is 1. The molecule has 0 N–H and O–H groups in total. The van der Waals surface area contributed by atoms with Gasteiger partial charge in [-0.2, -0.15) is 5.26 Å². The average Bonchev–Trinajstić information content (AvgIpc) is 2.41. The van der Waals surface area contributed by atoms with E-state index in [1.165, 1.54) is 10.9 Å². The number of hydrogen-bond acceptors (Lipinski definition) is 3. The van der Waals surface area contributed by atoms with E-state index in [9.17, 15) is 4.79 Å². The zero-order valence-corrected chi connectivity index (χ0v) is 12.4. The standard InChI is InChI=1S/C13H9BrClN3O/c1-8-12(14)13(19)18(7-17-8)6-10-3-2-9(5-16)4-11(10)15/h2-4,7H,6H2,1H3. The predicted octanol–water partition coefficient (Wildman–Crippen LogP) is 2.89. The molecule has 19 heavy (non-hydrogen) atoms. The molecule has 4 nitrogen and oxygen atoms in total. The molecule has 0 spiro atoms. The van der Waals surface area contributed by atoms with Crippen LogP contribution in [0.1, 0.15) is 16.8 Å². The Balaban J connectivity index is 2.40. The largest absolute Gasteiger partial charge is 0.294 e. The topological polar surface area (TPSA) is 58.7 Å². The molecule has 0 radical (unpaired) electrons. The Labute approximate surface area is 123 Å². The van der Waals surface area contributed by atoms with Gasteiger partial charge < -0.3 is 0 Å². The van der Waals surface area contributed by atoms with Gasteiger partial charge in [0.25, 0.3) is 5.56 Å². The molecule has 0 amide bonds. The maximum absolute atomic E-state index is 12.0. The fraction of sp³-hybridized carbons (Fsp3) is 0.154. The average molecular weight is 339 g/mol. The Hall–Kier alpha value is -1.64. The lowest BCUT2D eigenvalue weighted by Gasteiger charge is -2.08. The van der Waals surface area contributed by atoms with Crippen LogP contribution in [0.4, 0.5) is 0 Å². The minimum Gasteiger partial charge on any atom is -0.294 e. The van der Waals surface area contributed by atoms with Crippen molar-refractivity contribution in [3.05, 3.63) is 61.2 Å². The number of halogens is 2. The summed E-state index contributed by atoms with van der Waals surface area (Å²) >= 11 is 9.30. The van der Waals surface area contributed by atoms with Gasteiger partial charge >= 0.3 is 0 Å². The van der Waals surface area contributed by atoms with E-state index < -0.39 is 0 Å². The molecule has 0 atom stereocenters. The monoisotopic (exact) mass is 337 g/mol. The van der Waals surface area contributed by atoms with E-state index in [-0.39, 0.29) is 5.56 Å². The molecule has 6 heteroatoms. The van der Waals surface area contributed by atoms with Gasteiger partial charge in [-0.25, -0.2) is 4.98 Å². The number of nitrogens with zero attached hydrogens (tertiary/aromatic N) is 3. The maximum Gasteiger partial charge on any atom is 0.268 e. The van der Waals surface area contributed by atoms with Crippen LogP contribution in [-0.4, -0.2) is 9.55 Å². The predicted molar refractivity (Wildman–Crippen MR) is 76.2 cm³/mol. The Kier molecular flexibility index (Phi) is 4.03. The molecule has 0 unspecified atom stereocenters. The minimum atomic E-state index is -0.159. The summed E-state index contributed by atoms with van der Waals surface area (Å²) in [5.41, 5.74) is 1.74. The Morgan fingerprint density at radius 2 is 2.26 bits per heavy atom. The minimum absolute atomic E-state index is 0.159. The first-order chi connectivity index (χ1) is 9.02. The normalized spacial score (nSPS) is 10.2. The van der Waals surface area contributed by atoms with Crippen LogP contribution in [0.5, 0.6) is 0 Å². The number of rotatable bonds is 2. The highest BCUT2D eigenvalue weighted by molar-refractivity contribution is 9.10.